The summed E-state index contributed by atoms with van der Waals surface area (Å²) in [6.07, 6.45) is 1.06. The number of nitrogens with zero attached hydrogens (tertiary/aromatic N) is 2. The molecule has 0 saturated heterocycles. The van der Waals surface area contributed by atoms with Gasteiger partial charge in [0.15, 0.2) is 0 Å². The van der Waals surface area contributed by atoms with Crippen LogP contribution in [0.2, 0.25) is 0 Å². The Labute approximate surface area is 133 Å². The Kier molecular flexibility index (Phi) is 4.34. The van der Waals surface area contributed by atoms with Gasteiger partial charge in [-0.05, 0) is 24.1 Å². The highest BCUT2D eigenvalue weighted by molar-refractivity contribution is 5.78. The lowest BCUT2D eigenvalue weighted by molar-refractivity contribution is 0.701. The van der Waals surface area contributed by atoms with Crippen molar-refractivity contribution in [3.63, 3.8) is 0 Å². The number of benzene rings is 2. The van der Waals surface area contributed by atoms with Crippen molar-refractivity contribution in [2.24, 2.45) is 0 Å². The smallest absolute Gasteiger partial charge is 0.260 e. The lowest BCUT2D eigenvalue weighted by Crippen LogP contribution is -2.17. The zero-order valence-corrected chi connectivity index (χ0v) is 12.5. The highest BCUT2D eigenvalue weighted by atomic mass is 16.1. The molecule has 1 atom stereocenters. The molecule has 2 aromatic carbocycles. The molecule has 0 saturated carbocycles. The number of rotatable bonds is 5. The minimum atomic E-state index is -0.176. The lowest BCUT2D eigenvalue weighted by Gasteiger charge is -2.18. The molecule has 5 heteroatoms. The molecule has 1 aromatic heterocycles. The van der Waals surface area contributed by atoms with E-state index in [1.807, 2.05) is 48.5 Å². The average Bonchev–Trinajstić information content (AvgIpc) is 2.59. The van der Waals surface area contributed by atoms with Crippen LogP contribution >= 0.6 is 0 Å². The molecule has 0 aliphatic rings. The van der Waals surface area contributed by atoms with Crippen molar-refractivity contribution in [3.05, 3.63) is 70.5 Å². The molecule has 0 radical (unpaired) electrons. The summed E-state index contributed by atoms with van der Waals surface area (Å²) in [5, 5.41) is 12.7. The topological polar surface area (TPSA) is 81.6 Å². The van der Waals surface area contributed by atoms with Gasteiger partial charge in [0.1, 0.15) is 0 Å². The van der Waals surface area contributed by atoms with Crippen LogP contribution in [0.4, 0.5) is 5.95 Å². The molecule has 114 valence electrons. The maximum atomic E-state index is 12.1. The molecule has 0 aliphatic carbocycles. The van der Waals surface area contributed by atoms with Crippen LogP contribution in [0.1, 0.15) is 24.4 Å². The molecule has 0 fully saturated rings. The van der Waals surface area contributed by atoms with Gasteiger partial charge in [0.25, 0.3) is 5.56 Å². The SMILES string of the molecule is N#CCCC(Nc1nc2ccccc2c(=O)[nH]1)c1ccccc1. The second-order valence-electron chi connectivity index (χ2n) is 5.24. The first-order valence-corrected chi connectivity index (χ1v) is 7.45. The molecular weight excluding hydrogens is 288 g/mol. The number of hydrogen-bond donors (Lipinski definition) is 2. The third kappa shape index (κ3) is 3.38. The van der Waals surface area contributed by atoms with Crippen molar-refractivity contribution < 1.29 is 0 Å². The van der Waals surface area contributed by atoms with E-state index in [1.54, 1.807) is 6.07 Å². The largest absolute Gasteiger partial charge is 0.349 e. The summed E-state index contributed by atoms with van der Waals surface area (Å²) in [6.45, 7) is 0. The van der Waals surface area contributed by atoms with Crippen molar-refractivity contribution in [2.75, 3.05) is 5.32 Å². The zero-order valence-electron chi connectivity index (χ0n) is 12.5. The van der Waals surface area contributed by atoms with E-state index in [1.165, 1.54) is 0 Å². The van der Waals surface area contributed by atoms with E-state index in [9.17, 15) is 4.79 Å². The molecule has 2 N–H and O–H groups in total. The summed E-state index contributed by atoms with van der Waals surface area (Å²) in [5.74, 6) is 0.417. The standard InChI is InChI=1S/C18H16N4O/c19-12-6-11-15(13-7-2-1-3-8-13)20-18-21-16-10-5-4-9-14(16)17(23)22-18/h1-5,7-10,15H,6,11H2,(H2,20,21,22,23). The number of anilines is 1. The summed E-state index contributed by atoms with van der Waals surface area (Å²) in [4.78, 5) is 19.4. The molecule has 0 amide bonds. The van der Waals surface area contributed by atoms with Crippen LogP contribution in [0.15, 0.2) is 59.4 Å². The Morgan fingerprint density at radius 3 is 2.65 bits per heavy atom. The average molecular weight is 304 g/mol. The number of nitrogens with one attached hydrogen (secondary N) is 2. The summed E-state index contributed by atoms with van der Waals surface area (Å²) in [5.41, 5.74) is 1.52. The predicted octanol–water partition coefficient (Wildman–Crippen LogP) is 3.38. The van der Waals surface area contributed by atoms with E-state index >= 15 is 0 Å². The van der Waals surface area contributed by atoms with Gasteiger partial charge in [0, 0.05) is 6.42 Å². The van der Waals surface area contributed by atoms with Crippen LogP contribution < -0.4 is 10.9 Å². The summed E-state index contributed by atoms with van der Waals surface area (Å²) in [7, 11) is 0. The first kappa shape index (κ1) is 14.8. The van der Waals surface area contributed by atoms with E-state index in [0.717, 1.165) is 5.56 Å². The third-order valence-electron chi connectivity index (χ3n) is 3.67. The molecule has 0 bridgehead atoms. The second kappa shape index (κ2) is 6.75. The lowest BCUT2D eigenvalue weighted by atomic mass is 10.0. The first-order chi connectivity index (χ1) is 11.3. The molecule has 23 heavy (non-hydrogen) atoms. The third-order valence-corrected chi connectivity index (χ3v) is 3.67. The summed E-state index contributed by atoms with van der Waals surface area (Å²) in [6, 6.07) is 19.1. The fraction of sp³-hybridized carbons (Fsp3) is 0.167. The van der Waals surface area contributed by atoms with Gasteiger partial charge in [-0.1, -0.05) is 42.5 Å². The van der Waals surface area contributed by atoms with E-state index in [-0.39, 0.29) is 11.6 Å². The molecule has 5 nitrogen and oxygen atoms in total. The molecular formula is C18H16N4O. The van der Waals surface area contributed by atoms with Gasteiger partial charge >= 0.3 is 0 Å². The molecule has 3 rings (SSSR count). The molecule has 0 aliphatic heterocycles. The number of aromatic amines is 1. The number of hydrogen-bond acceptors (Lipinski definition) is 4. The second-order valence-corrected chi connectivity index (χ2v) is 5.24. The van der Waals surface area contributed by atoms with E-state index in [0.29, 0.717) is 29.7 Å². The number of H-pyrrole nitrogens is 1. The fourth-order valence-corrected chi connectivity index (χ4v) is 2.54. The van der Waals surface area contributed by atoms with Crippen molar-refractivity contribution in [1.29, 1.82) is 5.26 Å². The van der Waals surface area contributed by atoms with Gasteiger partial charge in [-0.3, -0.25) is 9.78 Å². The van der Waals surface area contributed by atoms with Crippen molar-refractivity contribution in [3.8, 4) is 6.07 Å². The van der Waals surface area contributed by atoms with Gasteiger partial charge in [-0.15, -0.1) is 0 Å². The summed E-state index contributed by atoms with van der Waals surface area (Å²) < 4.78 is 0. The Hall–Kier alpha value is -3.13. The predicted molar refractivity (Wildman–Crippen MR) is 90.0 cm³/mol. The monoisotopic (exact) mass is 304 g/mol. The van der Waals surface area contributed by atoms with Crippen LogP contribution in [0.3, 0.4) is 0 Å². The van der Waals surface area contributed by atoms with Gasteiger partial charge in [-0.2, -0.15) is 5.26 Å². The number of nitriles is 1. The Balaban J connectivity index is 1.94. The number of fused-ring (bicyclic) bond motifs is 1. The minimum Gasteiger partial charge on any atom is -0.349 e. The number of aromatic nitrogens is 2. The van der Waals surface area contributed by atoms with Gasteiger partial charge in [0.05, 0.1) is 23.0 Å². The highest BCUT2D eigenvalue weighted by Crippen LogP contribution is 2.22. The Bertz CT molecular complexity index is 896. The summed E-state index contributed by atoms with van der Waals surface area (Å²) >= 11 is 0. The van der Waals surface area contributed by atoms with E-state index < -0.39 is 0 Å². The van der Waals surface area contributed by atoms with Crippen LogP contribution in [-0.4, -0.2) is 9.97 Å². The van der Waals surface area contributed by atoms with Crippen molar-refractivity contribution in [2.45, 2.75) is 18.9 Å². The molecule has 1 heterocycles. The van der Waals surface area contributed by atoms with Gasteiger partial charge in [0.2, 0.25) is 5.95 Å². The number of para-hydroxylation sites is 1. The van der Waals surface area contributed by atoms with Crippen LogP contribution in [0.5, 0.6) is 0 Å². The molecule has 3 aromatic rings. The van der Waals surface area contributed by atoms with E-state index in [4.69, 9.17) is 5.26 Å². The molecule has 0 spiro atoms. The first-order valence-electron chi connectivity index (χ1n) is 7.45. The fourth-order valence-electron chi connectivity index (χ4n) is 2.54. The Morgan fingerprint density at radius 1 is 1.13 bits per heavy atom. The van der Waals surface area contributed by atoms with Crippen molar-refractivity contribution >= 4 is 16.9 Å². The van der Waals surface area contributed by atoms with Crippen LogP contribution in [0, 0.1) is 11.3 Å². The highest BCUT2D eigenvalue weighted by Gasteiger charge is 2.13. The minimum absolute atomic E-state index is 0.0832. The van der Waals surface area contributed by atoms with Crippen LogP contribution in [0.25, 0.3) is 10.9 Å². The van der Waals surface area contributed by atoms with E-state index in [2.05, 4.69) is 21.4 Å². The Morgan fingerprint density at radius 2 is 1.87 bits per heavy atom. The quantitative estimate of drug-likeness (QED) is 0.757. The van der Waals surface area contributed by atoms with Crippen molar-refractivity contribution in [1.82, 2.24) is 9.97 Å². The molecule has 1 unspecified atom stereocenters. The normalized spacial score (nSPS) is 11.8. The van der Waals surface area contributed by atoms with Crippen LogP contribution in [-0.2, 0) is 0 Å². The van der Waals surface area contributed by atoms with Gasteiger partial charge < -0.3 is 5.32 Å². The maximum Gasteiger partial charge on any atom is 0.260 e. The zero-order chi connectivity index (χ0) is 16.1. The van der Waals surface area contributed by atoms with Gasteiger partial charge in [-0.25, -0.2) is 4.98 Å². The maximum absolute atomic E-state index is 12.1.